The summed E-state index contributed by atoms with van der Waals surface area (Å²) in [6, 6.07) is 6.69. The van der Waals surface area contributed by atoms with Crippen LogP contribution in [0.4, 0.5) is 0 Å². The monoisotopic (exact) mass is 330 g/mol. The third kappa shape index (κ3) is 2.92. The minimum atomic E-state index is -0.353. The van der Waals surface area contributed by atoms with Crippen LogP contribution in [0.15, 0.2) is 18.2 Å². The first-order valence-corrected chi connectivity index (χ1v) is 9.06. The summed E-state index contributed by atoms with van der Waals surface area (Å²) in [5, 5.41) is 0. The van der Waals surface area contributed by atoms with Crippen LogP contribution in [-0.4, -0.2) is 38.1 Å². The molecule has 24 heavy (non-hydrogen) atoms. The van der Waals surface area contributed by atoms with Gasteiger partial charge in [0.25, 0.3) is 0 Å². The molecule has 2 aliphatic heterocycles. The van der Waals surface area contributed by atoms with Crippen molar-refractivity contribution < 1.29 is 18.8 Å². The van der Waals surface area contributed by atoms with Crippen LogP contribution in [0.1, 0.15) is 63.7 Å². The highest BCUT2D eigenvalue weighted by atomic mass is 16.7. The maximum atomic E-state index is 6.32. The Balaban J connectivity index is 1.70. The average Bonchev–Trinajstić information content (AvgIpc) is 3.36. The molecule has 1 unspecified atom stereocenters. The van der Waals surface area contributed by atoms with Gasteiger partial charge in [0, 0.05) is 0 Å². The van der Waals surface area contributed by atoms with Gasteiger partial charge in [0.1, 0.15) is 6.10 Å². The number of ether oxygens (including phenoxy) is 2. The molecule has 0 aromatic heterocycles. The Morgan fingerprint density at radius 3 is 2.29 bits per heavy atom. The molecule has 3 aliphatic rings. The van der Waals surface area contributed by atoms with Crippen LogP contribution in [-0.2, 0) is 18.8 Å². The maximum Gasteiger partial charge on any atom is 0.495 e. The predicted molar refractivity (Wildman–Crippen MR) is 93.6 cm³/mol. The molecule has 0 N–H and O–H groups in total. The summed E-state index contributed by atoms with van der Waals surface area (Å²) in [6.07, 6.45) is 2.53. The second kappa shape index (κ2) is 5.84. The van der Waals surface area contributed by atoms with E-state index in [2.05, 4.69) is 45.9 Å². The molecule has 4 rings (SSSR count). The number of hydrogen-bond donors (Lipinski definition) is 0. The van der Waals surface area contributed by atoms with Gasteiger partial charge < -0.3 is 18.8 Å². The topological polar surface area (TPSA) is 36.9 Å². The minimum absolute atomic E-state index is 0.0407. The Morgan fingerprint density at radius 2 is 1.71 bits per heavy atom. The van der Waals surface area contributed by atoms with E-state index in [1.165, 1.54) is 18.4 Å². The Bertz CT molecular complexity index is 602. The lowest BCUT2D eigenvalue weighted by atomic mass is 9.73. The van der Waals surface area contributed by atoms with Crippen molar-refractivity contribution in [2.75, 3.05) is 19.8 Å². The van der Waals surface area contributed by atoms with Crippen LogP contribution >= 0.6 is 0 Å². The van der Waals surface area contributed by atoms with E-state index in [1.54, 1.807) is 0 Å². The molecule has 1 aliphatic carbocycles. The highest BCUT2D eigenvalue weighted by Crippen LogP contribution is 2.41. The first-order chi connectivity index (χ1) is 11.4. The van der Waals surface area contributed by atoms with Crippen LogP contribution in [0.2, 0.25) is 0 Å². The summed E-state index contributed by atoms with van der Waals surface area (Å²) in [5.41, 5.74) is 2.95. The number of hydrogen-bond acceptors (Lipinski definition) is 4. The van der Waals surface area contributed by atoms with Gasteiger partial charge in [0.15, 0.2) is 0 Å². The summed E-state index contributed by atoms with van der Waals surface area (Å²) in [4.78, 5) is 0. The van der Waals surface area contributed by atoms with E-state index in [-0.39, 0.29) is 24.4 Å². The van der Waals surface area contributed by atoms with Gasteiger partial charge in [0.05, 0.1) is 31.0 Å². The lowest BCUT2D eigenvalue weighted by molar-refractivity contribution is -0.0898. The van der Waals surface area contributed by atoms with Gasteiger partial charge in [-0.05, 0) is 63.0 Å². The molecule has 2 heterocycles. The lowest BCUT2D eigenvalue weighted by Crippen LogP contribution is -2.41. The first kappa shape index (κ1) is 16.6. The summed E-state index contributed by atoms with van der Waals surface area (Å²) < 4.78 is 24.2. The molecule has 1 aromatic rings. The average molecular weight is 330 g/mol. The largest absolute Gasteiger partial charge is 0.495 e. The minimum Gasteiger partial charge on any atom is -0.399 e. The Kier molecular flexibility index (Phi) is 4.03. The van der Waals surface area contributed by atoms with Crippen molar-refractivity contribution in [1.29, 1.82) is 0 Å². The normalized spacial score (nSPS) is 29.0. The van der Waals surface area contributed by atoms with Crippen molar-refractivity contribution in [3.05, 3.63) is 29.3 Å². The Labute approximate surface area is 145 Å². The second-order valence-corrected chi connectivity index (χ2v) is 8.19. The molecule has 0 amide bonds. The molecule has 2 saturated heterocycles. The van der Waals surface area contributed by atoms with E-state index in [4.69, 9.17) is 18.8 Å². The third-order valence-electron chi connectivity index (χ3n) is 5.83. The van der Waals surface area contributed by atoms with Gasteiger partial charge in [-0.3, -0.25) is 0 Å². The first-order valence-electron chi connectivity index (χ1n) is 9.06. The van der Waals surface area contributed by atoms with Crippen molar-refractivity contribution in [3.63, 3.8) is 0 Å². The third-order valence-corrected chi connectivity index (χ3v) is 5.83. The molecular formula is C19H27BO4. The van der Waals surface area contributed by atoms with Gasteiger partial charge in [-0.1, -0.05) is 18.2 Å². The fraction of sp³-hybridized carbons (Fsp3) is 0.684. The fourth-order valence-electron chi connectivity index (χ4n) is 3.40. The Hall–Kier alpha value is -0.875. The smallest absolute Gasteiger partial charge is 0.399 e. The molecule has 0 spiro atoms. The standard InChI is InChI=1S/C19H27BO4/c1-18(2)19(3,4)24-20(23-18)16-11-14(13-5-6-13)7-8-15(16)17-12-21-9-10-22-17/h7-8,11,13,17H,5-6,9-10,12H2,1-4H3. The predicted octanol–water partition coefficient (Wildman–Crippen LogP) is 2.95. The van der Waals surface area contributed by atoms with Crippen LogP contribution in [0.3, 0.4) is 0 Å². The van der Waals surface area contributed by atoms with Crippen molar-refractivity contribution >= 4 is 12.6 Å². The van der Waals surface area contributed by atoms with E-state index in [0.29, 0.717) is 25.7 Å². The highest BCUT2D eigenvalue weighted by molar-refractivity contribution is 6.62. The maximum absolute atomic E-state index is 6.32. The van der Waals surface area contributed by atoms with Crippen molar-refractivity contribution in [3.8, 4) is 0 Å². The molecule has 0 radical (unpaired) electrons. The zero-order valence-electron chi connectivity index (χ0n) is 15.1. The van der Waals surface area contributed by atoms with Gasteiger partial charge in [0.2, 0.25) is 0 Å². The van der Waals surface area contributed by atoms with E-state index in [9.17, 15) is 0 Å². The highest BCUT2D eigenvalue weighted by Gasteiger charge is 2.52. The summed E-state index contributed by atoms with van der Waals surface area (Å²) in [7, 11) is -0.353. The number of rotatable bonds is 3. The van der Waals surface area contributed by atoms with Crippen molar-refractivity contribution in [1.82, 2.24) is 0 Å². The van der Waals surface area contributed by atoms with Crippen LogP contribution < -0.4 is 5.46 Å². The second-order valence-electron chi connectivity index (χ2n) is 8.19. The van der Waals surface area contributed by atoms with Crippen LogP contribution in [0.25, 0.3) is 0 Å². The zero-order valence-corrected chi connectivity index (χ0v) is 15.1. The SMILES string of the molecule is CC1(C)OB(c2cc(C3CC3)ccc2C2COCCO2)OC1(C)C. The van der Waals surface area contributed by atoms with Crippen molar-refractivity contribution in [2.45, 2.75) is 63.8 Å². The zero-order chi connectivity index (χ0) is 16.9. The number of benzene rings is 1. The molecular weight excluding hydrogens is 303 g/mol. The molecule has 1 atom stereocenters. The quantitative estimate of drug-likeness (QED) is 0.799. The van der Waals surface area contributed by atoms with Gasteiger partial charge in [-0.15, -0.1) is 0 Å². The van der Waals surface area contributed by atoms with Crippen LogP contribution in [0.5, 0.6) is 0 Å². The molecule has 0 bridgehead atoms. The van der Waals surface area contributed by atoms with Gasteiger partial charge in [-0.2, -0.15) is 0 Å². The molecule has 4 nitrogen and oxygen atoms in total. The van der Waals surface area contributed by atoms with E-state index < -0.39 is 0 Å². The van der Waals surface area contributed by atoms with Gasteiger partial charge >= 0.3 is 7.12 Å². The van der Waals surface area contributed by atoms with E-state index >= 15 is 0 Å². The Morgan fingerprint density at radius 1 is 1.00 bits per heavy atom. The molecule has 1 aromatic carbocycles. The lowest BCUT2D eigenvalue weighted by Gasteiger charge is -2.32. The molecule has 130 valence electrons. The fourth-order valence-corrected chi connectivity index (χ4v) is 3.40. The van der Waals surface area contributed by atoms with E-state index in [1.807, 2.05) is 0 Å². The summed E-state index contributed by atoms with van der Waals surface area (Å²) in [5.74, 6) is 0.698. The van der Waals surface area contributed by atoms with Crippen molar-refractivity contribution in [2.24, 2.45) is 0 Å². The van der Waals surface area contributed by atoms with E-state index in [0.717, 1.165) is 11.0 Å². The molecule has 1 saturated carbocycles. The van der Waals surface area contributed by atoms with Crippen LogP contribution in [0, 0.1) is 0 Å². The van der Waals surface area contributed by atoms with Gasteiger partial charge in [-0.25, -0.2) is 0 Å². The molecule has 3 fully saturated rings. The summed E-state index contributed by atoms with van der Waals surface area (Å²) >= 11 is 0. The molecule has 5 heteroatoms. The summed E-state index contributed by atoms with van der Waals surface area (Å²) in [6.45, 7) is 10.3.